The summed E-state index contributed by atoms with van der Waals surface area (Å²) in [6, 6.07) is 9.22. The first kappa shape index (κ1) is 15.7. The molecular formula is C15H10F3NO3. The minimum Gasteiger partial charge on any atom is -0.289 e. The summed E-state index contributed by atoms with van der Waals surface area (Å²) < 4.78 is 39.8. The van der Waals surface area contributed by atoms with Crippen molar-refractivity contribution in [2.24, 2.45) is 0 Å². The van der Waals surface area contributed by atoms with Crippen molar-refractivity contribution in [3.05, 3.63) is 74.8 Å². The first-order chi connectivity index (χ1) is 10.2. The summed E-state index contributed by atoms with van der Waals surface area (Å²) in [5.74, 6) is -0.828. The molecule has 0 amide bonds. The molecule has 0 bridgehead atoms. The Morgan fingerprint density at radius 2 is 1.68 bits per heavy atom. The Morgan fingerprint density at radius 3 is 2.18 bits per heavy atom. The van der Waals surface area contributed by atoms with E-state index in [2.05, 4.69) is 0 Å². The topological polar surface area (TPSA) is 60.2 Å². The lowest BCUT2D eigenvalue weighted by atomic mass is 9.93. The van der Waals surface area contributed by atoms with Crippen LogP contribution >= 0.6 is 0 Å². The standard InChI is InChI=1S/C15H10F3NO3/c1-9-12(19(21)22)8-7-11(13(9)15(16,17)18)14(20)10-5-3-2-4-6-10/h2-8H,1H3. The van der Waals surface area contributed by atoms with Crippen LogP contribution in [0.4, 0.5) is 18.9 Å². The fourth-order valence-electron chi connectivity index (χ4n) is 2.20. The largest absolute Gasteiger partial charge is 0.417 e. The van der Waals surface area contributed by atoms with Crippen molar-refractivity contribution in [2.75, 3.05) is 0 Å². The molecule has 0 atom stereocenters. The predicted octanol–water partition coefficient (Wildman–Crippen LogP) is 4.15. The Labute approximate surface area is 123 Å². The van der Waals surface area contributed by atoms with Gasteiger partial charge in [-0.2, -0.15) is 13.2 Å². The maximum Gasteiger partial charge on any atom is 0.417 e. The molecule has 2 aromatic rings. The van der Waals surface area contributed by atoms with Crippen LogP contribution in [0.3, 0.4) is 0 Å². The van der Waals surface area contributed by atoms with Crippen LogP contribution in [0, 0.1) is 17.0 Å². The third kappa shape index (κ3) is 2.83. The van der Waals surface area contributed by atoms with Crippen LogP contribution in [0.25, 0.3) is 0 Å². The molecule has 0 saturated heterocycles. The molecule has 0 aliphatic rings. The number of carbonyl (C=O) groups is 1. The van der Waals surface area contributed by atoms with Gasteiger partial charge in [0.1, 0.15) is 0 Å². The molecule has 2 rings (SSSR count). The van der Waals surface area contributed by atoms with E-state index in [1.165, 1.54) is 24.3 Å². The Balaban J connectivity index is 2.69. The Morgan fingerprint density at radius 1 is 1.09 bits per heavy atom. The second-order valence-corrected chi connectivity index (χ2v) is 4.58. The zero-order chi connectivity index (χ0) is 16.5. The molecule has 0 aromatic heterocycles. The molecule has 0 unspecified atom stereocenters. The highest BCUT2D eigenvalue weighted by Gasteiger charge is 2.39. The Bertz CT molecular complexity index is 740. The number of carbonyl (C=O) groups excluding carboxylic acids is 1. The van der Waals surface area contributed by atoms with E-state index in [0.717, 1.165) is 19.1 Å². The van der Waals surface area contributed by atoms with Crippen LogP contribution in [-0.4, -0.2) is 10.7 Å². The molecule has 0 spiro atoms. The molecule has 114 valence electrons. The number of rotatable bonds is 3. The van der Waals surface area contributed by atoms with E-state index < -0.39 is 39.3 Å². The third-order valence-electron chi connectivity index (χ3n) is 3.20. The van der Waals surface area contributed by atoms with E-state index in [4.69, 9.17) is 0 Å². The molecular weight excluding hydrogens is 299 g/mol. The number of hydrogen-bond donors (Lipinski definition) is 0. The van der Waals surface area contributed by atoms with E-state index in [1.807, 2.05) is 0 Å². The van der Waals surface area contributed by atoms with Crippen LogP contribution in [0.1, 0.15) is 27.0 Å². The first-order valence-electron chi connectivity index (χ1n) is 6.18. The zero-order valence-electron chi connectivity index (χ0n) is 11.3. The zero-order valence-corrected chi connectivity index (χ0v) is 11.3. The molecule has 0 N–H and O–H groups in total. The van der Waals surface area contributed by atoms with Gasteiger partial charge < -0.3 is 0 Å². The van der Waals surface area contributed by atoms with Gasteiger partial charge in [0.15, 0.2) is 5.78 Å². The van der Waals surface area contributed by atoms with Crippen molar-refractivity contribution in [3.8, 4) is 0 Å². The summed E-state index contributed by atoms with van der Waals surface area (Å²) in [5.41, 5.74) is -3.02. The highest BCUT2D eigenvalue weighted by molar-refractivity contribution is 6.10. The molecule has 0 aliphatic carbocycles. The molecule has 0 saturated carbocycles. The summed E-state index contributed by atoms with van der Waals surface area (Å²) in [6.07, 6.45) is -4.87. The summed E-state index contributed by atoms with van der Waals surface area (Å²) in [7, 11) is 0. The average Bonchev–Trinajstić information content (AvgIpc) is 2.45. The molecule has 0 radical (unpaired) electrons. The highest BCUT2D eigenvalue weighted by Crippen LogP contribution is 2.38. The SMILES string of the molecule is Cc1c([N+](=O)[O-])ccc(C(=O)c2ccccc2)c1C(F)(F)F. The van der Waals surface area contributed by atoms with Crippen molar-refractivity contribution in [1.29, 1.82) is 0 Å². The van der Waals surface area contributed by atoms with Crippen LogP contribution < -0.4 is 0 Å². The van der Waals surface area contributed by atoms with Crippen molar-refractivity contribution >= 4 is 11.5 Å². The van der Waals surface area contributed by atoms with E-state index in [0.29, 0.717) is 0 Å². The fourth-order valence-corrected chi connectivity index (χ4v) is 2.20. The van der Waals surface area contributed by atoms with Gasteiger partial charge in [-0.05, 0) is 13.0 Å². The Kier molecular flexibility index (Phi) is 3.99. The Hall–Kier alpha value is -2.70. The number of nitrogens with zero attached hydrogens (tertiary/aromatic N) is 1. The molecule has 7 heteroatoms. The maximum atomic E-state index is 13.3. The van der Waals surface area contributed by atoms with E-state index in [-0.39, 0.29) is 5.56 Å². The average molecular weight is 309 g/mol. The van der Waals surface area contributed by atoms with Crippen LogP contribution in [0.5, 0.6) is 0 Å². The molecule has 0 aliphatic heterocycles. The number of ketones is 1. The van der Waals surface area contributed by atoms with Gasteiger partial charge in [-0.3, -0.25) is 14.9 Å². The second-order valence-electron chi connectivity index (χ2n) is 4.58. The summed E-state index contributed by atoms with van der Waals surface area (Å²) >= 11 is 0. The quantitative estimate of drug-likeness (QED) is 0.486. The van der Waals surface area contributed by atoms with Gasteiger partial charge in [0.2, 0.25) is 0 Å². The van der Waals surface area contributed by atoms with Gasteiger partial charge in [-0.15, -0.1) is 0 Å². The minimum atomic E-state index is -4.87. The number of halogens is 3. The first-order valence-corrected chi connectivity index (χ1v) is 6.18. The molecule has 0 heterocycles. The normalized spacial score (nSPS) is 11.3. The minimum absolute atomic E-state index is 0.0845. The summed E-state index contributed by atoms with van der Waals surface area (Å²) in [5, 5.41) is 10.8. The van der Waals surface area contributed by atoms with Crippen molar-refractivity contribution in [1.82, 2.24) is 0 Å². The molecule has 2 aromatic carbocycles. The monoisotopic (exact) mass is 309 g/mol. The van der Waals surface area contributed by atoms with Gasteiger partial charge in [0.05, 0.1) is 10.5 Å². The van der Waals surface area contributed by atoms with Gasteiger partial charge in [0, 0.05) is 22.8 Å². The smallest absolute Gasteiger partial charge is 0.289 e. The maximum absolute atomic E-state index is 13.3. The fraction of sp³-hybridized carbons (Fsp3) is 0.133. The lowest BCUT2D eigenvalue weighted by molar-refractivity contribution is -0.385. The number of nitro benzene ring substituents is 1. The lowest BCUT2D eigenvalue weighted by Gasteiger charge is -2.15. The summed E-state index contributed by atoms with van der Waals surface area (Å²) in [4.78, 5) is 22.2. The number of nitro groups is 1. The van der Waals surface area contributed by atoms with Crippen molar-refractivity contribution in [3.63, 3.8) is 0 Å². The second kappa shape index (κ2) is 5.59. The number of alkyl halides is 3. The predicted molar refractivity (Wildman–Crippen MR) is 72.7 cm³/mol. The highest BCUT2D eigenvalue weighted by atomic mass is 19.4. The third-order valence-corrected chi connectivity index (χ3v) is 3.20. The van der Waals surface area contributed by atoms with Crippen molar-refractivity contribution in [2.45, 2.75) is 13.1 Å². The van der Waals surface area contributed by atoms with Crippen LogP contribution in [0.15, 0.2) is 42.5 Å². The molecule has 0 fully saturated rings. The van der Waals surface area contributed by atoms with Gasteiger partial charge >= 0.3 is 6.18 Å². The van der Waals surface area contributed by atoms with Gasteiger partial charge in [-0.25, -0.2) is 0 Å². The number of benzene rings is 2. The van der Waals surface area contributed by atoms with E-state index >= 15 is 0 Å². The molecule has 22 heavy (non-hydrogen) atoms. The lowest BCUT2D eigenvalue weighted by Crippen LogP contribution is -2.16. The van der Waals surface area contributed by atoms with E-state index in [9.17, 15) is 28.1 Å². The van der Waals surface area contributed by atoms with Gasteiger partial charge in [0.25, 0.3) is 5.69 Å². The van der Waals surface area contributed by atoms with Crippen LogP contribution in [-0.2, 0) is 6.18 Å². The van der Waals surface area contributed by atoms with Gasteiger partial charge in [-0.1, -0.05) is 30.3 Å². The van der Waals surface area contributed by atoms with Crippen molar-refractivity contribution < 1.29 is 22.9 Å². The summed E-state index contributed by atoms with van der Waals surface area (Å²) in [6.45, 7) is 0.989. The van der Waals surface area contributed by atoms with Crippen LogP contribution in [0.2, 0.25) is 0 Å². The number of hydrogen-bond acceptors (Lipinski definition) is 3. The van der Waals surface area contributed by atoms with E-state index in [1.54, 1.807) is 6.07 Å². The molecule has 4 nitrogen and oxygen atoms in total.